The minimum atomic E-state index is -0.216. The van der Waals surface area contributed by atoms with Gasteiger partial charge in [0.15, 0.2) is 0 Å². The fourth-order valence-electron chi connectivity index (χ4n) is 2.67. The van der Waals surface area contributed by atoms with E-state index in [1.165, 1.54) is 6.92 Å². The van der Waals surface area contributed by atoms with Crippen molar-refractivity contribution in [3.63, 3.8) is 0 Å². The van der Waals surface area contributed by atoms with Gasteiger partial charge in [0, 0.05) is 6.92 Å². The van der Waals surface area contributed by atoms with Gasteiger partial charge in [0.05, 0.1) is 19.7 Å². The largest absolute Gasteiger partial charge is 0.497 e. The first-order chi connectivity index (χ1) is 13.0. The van der Waals surface area contributed by atoms with Crippen LogP contribution in [0.4, 0.5) is 0 Å². The van der Waals surface area contributed by atoms with Crippen LogP contribution in [0.2, 0.25) is 0 Å². The predicted molar refractivity (Wildman–Crippen MR) is 104 cm³/mol. The molecule has 1 unspecified atom stereocenters. The van der Waals surface area contributed by atoms with Crippen molar-refractivity contribution in [2.45, 2.75) is 19.9 Å². The summed E-state index contributed by atoms with van der Waals surface area (Å²) in [5.41, 5.74) is 0.989. The number of rotatable bonds is 9. The Morgan fingerprint density at radius 2 is 1.67 bits per heavy atom. The molecule has 0 radical (unpaired) electrons. The van der Waals surface area contributed by atoms with Crippen molar-refractivity contribution in [2.24, 2.45) is 0 Å². The van der Waals surface area contributed by atoms with Crippen LogP contribution in [0, 0.1) is 0 Å². The molecule has 0 spiro atoms. The topological polar surface area (TPSA) is 67.9 Å². The molecule has 27 heavy (non-hydrogen) atoms. The van der Waals surface area contributed by atoms with Crippen LogP contribution in [-0.2, 0) is 9.59 Å². The second-order valence-corrected chi connectivity index (χ2v) is 6.11. The Morgan fingerprint density at radius 3 is 2.26 bits per heavy atom. The molecule has 2 amide bonds. The lowest BCUT2D eigenvalue weighted by Gasteiger charge is -2.28. The second kappa shape index (κ2) is 10.2. The molecule has 0 aliphatic carbocycles. The van der Waals surface area contributed by atoms with Crippen LogP contribution in [0.1, 0.15) is 25.5 Å². The van der Waals surface area contributed by atoms with Crippen molar-refractivity contribution in [1.82, 2.24) is 10.2 Å². The number of carbonyl (C=O) groups excluding carboxylic acids is 2. The number of nitrogens with zero attached hydrogens (tertiary/aromatic N) is 1. The molecule has 0 aliphatic heterocycles. The average molecular weight is 370 g/mol. The van der Waals surface area contributed by atoms with E-state index in [0.29, 0.717) is 18.9 Å². The molecule has 2 aromatic rings. The van der Waals surface area contributed by atoms with E-state index in [1.54, 1.807) is 24.1 Å². The molecule has 6 heteroatoms. The van der Waals surface area contributed by atoms with Crippen LogP contribution in [-0.4, -0.2) is 43.5 Å². The van der Waals surface area contributed by atoms with Crippen molar-refractivity contribution >= 4 is 11.8 Å². The molecule has 1 N–H and O–H groups in total. The smallest absolute Gasteiger partial charge is 0.239 e. The molecular weight excluding hydrogens is 344 g/mol. The van der Waals surface area contributed by atoms with E-state index in [1.807, 2.05) is 49.4 Å². The zero-order chi connectivity index (χ0) is 19.6. The number of ether oxygens (including phenoxy) is 2. The van der Waals surface area contributed by atoms with Crippen molar-refractivity contribution in [3.8, 4) is 11.5 Å². The number of amides is 2. The molecule has 0 fully saturated rings. The molecule has 1 atom stereocenters. The van der Waals surface area contributed by atoms with Crippen LogP contribution in [0.15, 0.2) is 54.6 Å². The molecule has 2 aromatic carbocycles. The first-order valence-corrected chi connectivity index (χ1v) is 8.87. The highest BCUT2D eigenvalue weighted by Gasteiger charge is 2.20. The van der Waals surface area contributed by atoms with E-state index < -0.39 is 0 Å². The van der Waals surface area contributed by atoms with Gasteiger partial charge < -0.3 is 19.7 Å². The zero-order valence-electron chi connectivity index (χ0n) is 16.0. The third kappa shape index (κ3) is 6.33. The van der Waals surface area contributed by atoms with Crippen molar-refractivity contribution < 1.29 is 19.1 Å². The minimum absolute atomic E-state index is 0.00787. The molecule has 0 heterocycles. The second-order valence-electron chi connectivity index (χ2n) is 6.11. The van der Waals surface area contributed by atoms with Gasteiger partial charge in [-0.05, 0) is 36.8 Å². The lowest BCUT2D eigenvalue weighted by atomic mass is 10.1. The fraction of sp³-hybridized carbons (Fsp3) is 0.333. The Kier molecular flexibility index (Phi) is 7.67. The van der Waals surface area contributed by atoms with Crippen LogP contribution < -0.4 is 14.8 Å². The zero-order valence-corrected chi connectivity index (χ0v) is 16.0. The number of nitrogens with one attached hydrogen (secondary N) is 1. The van der Waals surface area contributed by atoms with Gasteiger partial charge in [-0.15, -0.1) is 0 Å². The Labute approximate surface area is 160 Å². The summed E-state index contributed by atoms with van der Waals surface area (Å²) in [5, 5.41) is 2.78. The van der Waals surface area contributed by atoms with Gasteiger partial charge in [0.2, 0.25) is 11.8 Å². The molecule has 0 aliphatic rings. The van der Waals surface area contributed by atoms with E-state index in [-0.39, 0.29) is 24.4 Å². The van der Waals surface area contributed by atoms with Gasteiger partial charge in [0.1, 0.15) is 24.7 Å². The third-order valence-corrected chi connectivity index (χ3v) is 4.22. The highest BCUT2D eigenvalue weighted by Crippen LogP contribution is 2.19. The van der Waals surface area contributed by atoms with Gasteiger partial charge in [-0.2, -0.15) is 0 Å². The first kappa shape index (κ1) is 20.3. The van der Waals surface area contributed by atoms with E-state index in [4.69, 9.17) is 9.47 Å². The Hall–Kier alpha value is -3.02. The van der Waals surface area contributed by atoms with E-state index in [2.05, 4.69) is 5.32 Å². The lowest BCUT2D eigenvalue weighted by Crippen LogP contribution is -2.42. The predicted octanol–water partition coefficient (Wildman–Crippen LogP) is 2.80. The number of carbonyl (C=O) groups is 2. The summed E-state index contributed by atoms with van der Waals surface area (Å²) in [6.07, 6.45) is 0. The molecule has 2 rings (SSSR count). The van der Waals surface area contributed by atoms with E-state index >= 15 is 0 Å². The summed E-state index contributed by atoms with van der Waals surface area (Å²) >= 11 is 0. The molecular formula is C21H26N2O4. The Bertz CT molecular complexity index is 732. The van der Waals surface area contributed by atoms with Crippen molar-refractivity contribution in [1.29, 1.82) is 0 Å². The summed E-state index contributed by atoms with van der Waals surface area (Å²) in [7, 11) is 1.61. The van der Waals surface area contributed by atoms with Crippen molar-refractivity contribution in [3.05, 3.63) is 60.2 Å². The summed E-state index contributed by atoms with van der Waals surface area (Å²) in [6.45, 7) is 4.09. The van der Waals surface area contributed by atoms with Crippen LogP contribution in [0.3, 0.4) is 0 Å². The number of hydrogen-bond acceptors (Lipinski definition) is 4. The summed E-state index contributed by atoms with van der Waals surface area (Å²) < 4.78 is 10.7. The molecule has 144 valence electrons. The van der Waals surface area contributed by atoms with Gasteiger partial charge in [-0.1, -0.05) is 30.3 Å². The summed E-state index contributed by atoms with van der Waals surface area (Å²) in [5.74, 6) is 1.10. The van der Waals surface area contributed by atoms with Crippen molar-refractivity contribution in [2.75, 3.05) is 26.8 Å². The minimum Gasteiger partial charge on any atom is -0.497 e. The van der Waals surface area contributed by atoms with Crippen LogP contribution in [0.5, 0.6) is 11.5 Å². The van der Waals surface area contributed by atoms with Gasteiger partial charge in [-0.3, -0.25) is 9.59 Å². The van der Waals surface area contributed by atoms with E-state index in [0.717, 1.165) is 11.3 Å². The number of hydrogen-bond donors (Lipinski definition) is 1. The van der Waals surface area contributed by atoms with E-state index in [9.17, 15) is 9.59 Å². The third-order valence-electron chi connectivity index (χ3n) is 4.22. The van der Waals surface area contributed by atoms with Crippen LogP contribution in [0.25, 0.3) is 0 Å². The maximum atomic E-state index is 12.2. The average Bonchev–Trinajstić information content (AvgIpc) is 2.70. The fourth-order valence-corrected chi connectivity index (χ4v) is 2.67. The first-order valence-electron chi connectivity index (χ1n) is 8.87. The monoisotopic (exact) mass is 370 g/mol. The molecule has 0 saturated heterocycles. The molecule has 0 aromatic heterocycles. The van der Waals surface area contributed by atoms with Gasteiger partial charge in [0.25, 0.3) is 0 Å². The van der Waals surface area contributed by atoms with Gasteiger partial charge in [-0.25, -0.2) is 0 Å². The normalized spacial score (nSPS) is 11.4. The Balaban J connectivity index is 1.79. The SMILES string of the molecule is COc1ccc(OCCNC(=O)CN(C(C)=O)C(C)c2ccccc2)cc1. The highest BCUT2D eigenvalue weighted by molar-refractivity contribution is 5.84. The molecule has 0 saturated carbocycles. The molecule has 0 bridgehead atoms. The van der Waals surface area contributed by atoms with Gasteiger partial charge >= 0.3 is 0 Å². The van der Waals surface area contributed by atoms with Crippen LogP contribution >= 0.6 is 0 Å². The standard InChI is InChI=1S/C21H26N2O4/c1-16(18-7-5-4-6-8-18)23(17(2)24)15-21(25)22-13-14-27-20-11-9-19(26-3)10-12-20/h4-12,16H,13-15H2,1-3H3,(H,22,25). The Morgan fingerprint density at radius 1 is 1.04 bits per heavy atom. The molecule has 6 nitrogen and oxygen atoms in total. The lowest BCUT2D eigenvalue weighted by molar-refractivity contribution is -0.136. The maximum absolute atomic E-state index is 12.2. The summed E-state index contributed by atoms with van der Waals surface area (Å²) in [4.78, 5) is 25.7. The quantitative estimate of drug-likeness (QED) is 0.689. The number of methoxy groups -OCH3 is 1. The maximum Gasteiger partial charge on any atom is 0.239 e. The highest BCUT2D eigenvalue weighted by atomic mass is 16.5. The summed E-state index contributed by atoms with van der Waals surface area (Å²) in [6, 6.07) is 16.7. The number of benzene rings is 2.